The number of ether oxygens (including phenoxy) is 1. The molecule has 3 heteroatoms. The number of hydrogen-bond acceptors (Lipinski definition) is 3. The molecule has 0 aromatic heterocycles. The van der Waals surface area contributed by atoms with Gasteiger partial charge in [-0.15, -0.1) is 0 Å². The van der Waals surface area contributed by atoms with E-state index in [0.717, 1.165) is 32.7 Å². The van der Waals surface area contributed by atoms with Crippen molar-refractivity contribution in [2.24, 2.45) is 17.6 Å². The van der Waals surface area contributed by atoms with Gasteiger partial charge in [0.05, 0.1) is 6.61 Å². The summed E-state index contributed by atoms with van der Waals surface area (Å²) in [4.78, 5) is 2.49. The van der Waals surface area contributed by atoms with Crippen LogP contribution in [0, 0.1) is 11.8 Å². The minimum atomic E-state index is 0.272. The molecule has 0 bridgehead atoms. The Morgan fingerprint density at radius 1 is 1.44 bits per heavy atom. The van der Waals surface area contributed by atoms with Gasteiger partial charge in [0.25, 0.3) is 0 Å². The third-order valence-corrected chi connectivity index (χ3v) is 2.93. The number of nitrogens with zero attached hydrogens (tertiary/aromatic N) is 1. The van der Waals surface area contributed by atoms with E-state index in [2.05, 4.69) is 30.9 Å². The van der Waals surface area contributed by atoms with Gasteiger partial charge in [-0.25, -0.2) is 0 Å². The van der Waals surface area contributed by atoms with Crippen molar-refractivity contribution in [2.45, 2.75) is 26.3 Å². The molecule has 0 aliphatic heterocycles. The summed E-state index contributed by atoms with van der Waals surface area (Å²) in [5.74, 6) is 1.33. The molecule has 2 unspecified atom stereocenters. The Balaban J connectivity index is 2.34. The topological polar surface area (TPSA) is 38.5 Å². The van der Waals surface area contributed by atoms with Crippen molar-refractivity contribution in [3.63, 3.8) is 0 Å². The first kappa shape index (κ1) is 13.7. The summed E-state index contributed by atoms with van der Waals surface area (Å²) in [5.41, 5.74) is 5.87. The van der Waals surface area contributed by atoms with Gasteiger partial charge >= 0.3 is 0 Å². The molecule has 16 heavy (non-hydrogen) atoms. The summed E-state index contributed by atoms with van der Waals surface area (Å²) < 4.78 is 5.16. The van der Waals surface area contributed by atoms with Crippen LogP contribution in [0.5, 0.6) is 0 Å². The van der Waals surface area contributed by atoms with E-state index in [-0.39, 0.29) is 6.04 Å². The van der Waals surface area contributed by atoms with Gasteiger partial charge in [0.15, 0.2) is 0 Å². The highest BCUT2D eigenvalue weighted by molar-refractivity contribution is 5.05. The Kier molecular flexibility index (Phi) is 6.03. The molecule has 0 spiro atoms. The molecular weight excluding hydrogens is 200 g/mol. The lowest BCUT2D eigenvalue weighted by molar-refractivity contribution is 0.132. The average molecular weight is 226 g/mol. The maximum atomic E-state index is 5.87. The molecule has 1 aliphatic rings. The van der Waals surface area contributed by atoms with Crippen LogP contribution < -0.4 is 5.73 Å². The van der Waals surface area contributed by atoms with Crippen molar-refractivity contribution in [1.82, 2.24) is 4.90 Å². The van der Waals surface area contributed by atoms with Crippen LogP contribution in [0.3, 0.4) is 0 Å². The van der Waals surface area contributed by atoms with Crippen molar-refractivity contribution < 1.29 is 4.74 Å². The number of methoxy groups -OCH3 is 1. The summed E-state index contributed by atoms with van der Waals surface area (Å²) in [7, 11) is 1.76. The molecule has 2 N–H and O–H groups in total. The Labute approximate surface area is 99.6 Å². The van der Waals surface area contributed by atoms with E-state index >= 15 is 0 Å². The van der Waals surface area contributed by atoms with Crippen molar-refractivity contribution in [3.05, 3.63) is 12.2 Å². The molecule has 0 radical (unpaired) electrons. The zero-order chi connectivity index (χ0) is 12.0. The first-order valence-corrected chi connectivity index (χ1v) is 6.27. The third kappa shape index (κ3) is 5.10. The average Bonchev–Trinajstić information content (AvgIpc) is 2.59. The molecule has 2 atom stereocenters. The summed E-state index contributed by atoms with van der Waals surface area (Å²) in [6, 6.07) is 0.272. The van der Waals surface area contributed by atoms with Gasteiger partial charge in [-0.3, -0.25) is 0 Å². The predicted octanol–water partition coefficient (Wildman–Crippen LogP) is 1.49. The van der Waals surface area contributed by atoms with Crippen molar-refractivity contribution >= 4 is 0 Å². The van der Waals surface area contributed by atoms with Gasteiger partial charge in [-0.2, -0.15) is 0 Å². The zero-order valence-electron chi connectivity index (χ0n) is 10.9. The van der Waals surface area contributed by atoms with Crippen LogP contribution in [0.4, 0.5) is 0 Å². The summed E-state index contributed by atoms with van der Waals surface area (Å²) in [6.07, 6.45) is 5.50. The summed E-state index contributed by atoms with van der Waals surface area (Å²) in [6.45, 7) is 8.62. The minimum absolute atomic E-state index is 0.272. The Morgan fingerprint density at radius 3 is 2.69 bits per heavy atom. The smallest absolute Gasteiger partial charge is 0.0589 e. The molecule has 0 heterocycles. The van der Waals surface area contributed by atoms with Crippen molar-refractivity contribution in [2.75, 3.05) is 33.4 Å². The molecule has 0 fully saturated rings. The summed E-state index contributed by atoms with van der Waals surface area (Å²) in [5, 5.41) is 0. The van der Waals surface area contributed by atoms with E-state index < -0.39 is 0 Å². The second kappa shape index (κ2) is 7.05. The van der Waals surface area contributed by atoms with E-state index in [9.17, 15) is 0 Å². The lowest BCUT2D eigenvalue weighted by Crippen LogP contribution is -2.35. The molecule has 0 saturated carbocycles. The molecule has 0 aromatic carbocycles. The highest BCUT2D eigenvalue weighted by Crippen LogP contribution is 2.18. The van der Waals surface area contributed by atoms with E-state index in [1.807, 2.05) is 0 Å². The lowest BCUT2D eigenvalue weighted by Gasteiger charge is -2.26. The number of rotatable bonds is 7. The minimum Gasteiger partial charge on any atom is -0.383 e. The van der Waals surface area contributed by atoms with Gasteiger partial charge in [0.1, 0.15) is 0 Å². The maximum absolute atomic E-state index is 5.87. The van der Waals surface area contributed by atoms with Crippen LogP contribution in [0.1, 0.15) is 20.3 Å². The van der Waals surface area contributed by atoms with Crippen LogP contribution in [-0.2, 0) is 4.74 Å². The van der Waals surface area contributed by atoms with Crippen LogP contribution in [0.15, 0.2) is 12.2 Å². The normalized spacial score (nSPS) is 24.9. The van der Waals surface area contributed by atoms with Gasteiger partial charge < -0.3 is 15.4 Å². The molecular formula is C13H26N2O. The van der Waals surface area contributed by atoms with Gasteiger partial charge in [0, 0.05) is 32.8 Å². The van der Waals surface area contributed by atoms with Gasteiger partial charge in [-0.1, -0.05) is 26.0 Å². The molecule has 1 rings (SSSR count). The standard InChI is InChI=1S/C13H26N2O/c1-11(2)9-15(6-7-16-3)10-12-4-5-13(14)8-12/h4-5,11-13H,6-10,14H2,1-3H3. The molecule has 0 amide bonds. The first-order chi connectivity index (χ1) is 7.61. The third-order valence-electron chi connectivity index (χ3n) is 2.93. The highest BCUT2D eigenvalue weighted by atomic mass is 16.5. The first-order valence-electron chi connectivity index (χ1n) is 6.27. The van der Waals surface area contributed by atoms with E-state index in [1.54, 1.807) is 7.11 Å². The van der Waals surface area contributed by atoms with E-state index in [4.69, 9.17) is 10.5 Å². The molecule has 0 aromatic rings. The highest BCUT2D eigenvalue weighted by Gasteiger charge is 2.19. The van der Waals surface area contributed by atoms with Crippen LogP contribution in [0.2, 0.25) is 0 Å². The Hall–Kier alpha value is -0.380. The van der Waals surface area contributed by atoms with Gasteiger partial charge in [0.2, 0.25) is 0 Å². The molecule has 1 aliphatic carbocycles. The number of hydrogen-bond donors (Lipinski definition) is 1. The fraction of sp³-hybridized carbons (Fsp3) is 0.846. The molecule has 0 saturated heterocycles. The Bertz CT molecular complexity index is 216. The fourth-order valence-electron chi connectivity index (χ4n) is 2.27. The largest absolute Gasteiger partial charge is 0.383 e. The SMILES string of the molecule is COCCN(CC(C)C)CC1C=CC(N)C1. The quantitative estimate of drug-likeness (QED) is 0.669. The molecule has 94 valence electrons. The van der Waals surface area contributed by atoms with Crippen LogP contribution in [-0.4, -0.2) is 44.3 Å². The molecule has 3 nitrogen and oxygen atoms in total. The second-order valence-electron chi connectivity index (χ2n) is 5.19. The lowest BCUT2D eigenvalue weighted by atomic mass is 10.1. The predicted molar refractivity (Wildman–Crippen MR) is 68.4 cm³/mol. The van der Waals surface area contributed by atoms with Crippen molar-refractivity contribution in [3.8, 4) is 0 Å². The zero-order valence-corrected chi connectivity index (χ0v) is 10.9. The van der Waals surface area contributed by atoms with E-state index in [0.29, 0.717) is 11.8 Å². The Morgan fingerprint density at radius 2 is 2.19 bits per heavy atom. The monoisotopic (exact) mass is 226 g/mol. The van der Waals surface area contributed by atoms with Crippen molar-refractivity contribution in [1.29, 1.82) is 0 Å². The summed E-state index contributed by atoms with van der Waals surface area (Å²) >= 11 is 0. The van der Waals surface area contributed by atoms with Crippen LogP contribution in [0.25, 0.3) is 0 Å². The van der Waals surface area contributed by atoms with Crippen LogP contribution >= 0.6 is 0 Å². The fourth-order valence-corrected chi connectivity index (χ4v) is 2.27. The number of nitrogens with two attached hydrogens (primary N) is 1. The maximum Gasteiger partial charge on any atom is 0.0589 e. The second-order valence-corrected chi connectivity index (χ2v) is 5.19. The van der Waals surface area contributed by atoms with E-state index in [1.165, 1.54) is 0 Å². The van der Waals surface area contributed by atoms with Gasteiger partial charge in [-0.05, 0) is 18.3 Å².